The highest BCUT2D eigenvalue weighted by atomic mass is 32.2. The van der Waals surface area contributed by atoms with Gasteiger partial charge in [0.1, 0.15) is 5.75 Å². The first-order valence-electron chi connectivity index (χ1n) is 4.30. The fourth-order valence-corrected chi connectivity index (χ4v) is 1.85. The summed E-state index contributed by atoms with van der Waals surface area (Å²) in [4.78, 5) is 11.5. The number of benzene rings is 1. The van der Waals surface area contributed by atoms with Crippen molar-refractivity contribution in [3.05, 3.63) is 23.8 Å². The van der Waals surface area contributed by atoms with Crippen LogP contribution in [-0.2, 0) is 11.2 Å². The number of rotatable bonds is 4. The molecule has 0 saturated carbocycles. The second-order valence-electron chi connectivity index (χ2n) is 2.79. The van der Waals surface area contributed by atoms with Crippen molar-refractivity contribution in [3.8, 4) is 5.75 Å². The maximum Gasteiger partial charge on any atom is 0.307 e. The van der Waals surface area contributed by atoms with Crippen LogP contribution in [0.3, 0.4) is 0 Å². The molecule has 0 atom stereocenters. The number of aliphatic carboxylic acids is 1. The summed E-state index contributed by atoms with van der Waals surface area (Å²) in [7, 11) is 0. The molecule has 4 heteroatoms. The number of carboxylic acids is 1. The van der Waals surface area contributed by atoms with Gasteiger partial charge in [-0.3, -0.25) is 4.79 Å². The van der Waals surface area contributed by atoms with E-state index in [4.69, 9.17) is 5.11 Å². The minimum atomic E-state index is -0.932. The molecule has 0 aromatic heterocycles. The van der Waals surface area contributed by atoms with E-state index in [9.17, 15) is 9.90 Å². The van der Waals surface area contributed by atoms with Gasteiger partial charge in [0.2, 0.25) is 0 Å². The Morgan fingerprint density at radius 3 is 2.79 bits per heavy atom. The number of phenols is 1. The molecule has 0 aliphatic rings. The summed E-state index contributed by atoms with van der Waals surface area (Å²) in [5.41, 5.74) is 0.468. The lowest BCUT2D eigenvalue weighted by Gasteiger charge is -2.04. The van der Waals surface area contributed by atoms with Crippen LogP contribution in [-0.4, -0.2) is 21.9 Å². The monoisotopic (exact) mass is 212 g/mol. The predicted octanol–water partition coefficient (Wildman–Crippen LogP) is 2.13. The molecule has 0 bridgehead atoms. The first-order chi connectivity index (χ1) is 6.63. The number of phenolic OH excluding ortho intramolecular Hbond substituents is 1. The molecule has 1 rings (SSSR count). The quantitative estimate of drug-likeness (QED) is 0.751. The topological polar surface area (TPSA) is 57.5 Å². The Bertz CT molecular complexity index is 336. The smallest absolute Gasteiger partial charge is 0.307 e. The highest BCUT2D eigenvalue weighted by molar-refractivity contribution is 7.99. The fraction of sp³-hybridized carbons (Fsp3) is 0.300. The molecule has 1 aromatic rings. The van der Waals surface area contributed by atoms with Gasteiger partial charge in [-0.1, -0.05) is 6.92 Å². The summed E-state index contributed by atoms with van der Waals surface area (Å²) in [6.45, 7) is 2.02. The maximum absolute atomic E-state index is 10.5. The molecule has 2 N–H and O–H groups in total. The standard InChI is InChI=1S/C10H12O3S/c1-2-14-8-3-4-9(11)7(5-8)6-10(12)13/h3-5,11H,2,6H2,1H3,(H,12,13). The molecule has 0 unspecified atom stereocenters. The van der Waals surface area contributed by atoms with Gasteiger partial charge in [0.25, 0.3) is 0 Å². The summed E-state index contributed by atoms with van der Waals surface area (Å²) >= 11 is 1.62. The van der Waals surface area contributed by atoms with E-state index in [2.05, 4.69) is 0 Å². The SMILES string of the molecule is CCSc1ccc(O)c(CC(=O)O)c1. The average Bonchev–Trinajstić information content (AvgIpc) is 2.10. The Hall–Kier alpha value is -1.16. The van der Waals surface area contributed by atoms with Crippen molar-refractivity contribution >= 4 is 17.7 Å². The van der Waals surface area contributed by atoms with Gasteiger partial charge in [-0.25, -0.2) is 0 Å². The van der Waals surface area contributed by atoms with E-state index < -0.39 is 5.97 Å². The van der Waals surface area contributed by atoms with Crippen molar-refractivity contribution in [1.29, 1.82) is 0 Å². The Morgan fingerprint density at radius 1 is 1.50 bits per heavy atom. The van der Waals surface area contributed by atoms with Crippen LogP contribution in [0.25, 0.3) is 0 Å². The molecule has 14 heavy (non-hydrogen) atoms. The van der Waals surface area contributed by atoms with E-state index in [1.807, 2.05) is 6.92 Å². The van der Waals surface area contributed by atoms with Crippen molar-refractivity contribution in [2.24, 2.45) is 0 Å². The van der Waals surface area contributed by atoms with E-state index in [1.54, 1.807) is 23.9 Å². The van der Waals surface area contributed by atoms with Crippen LogP contribution in [0.5, 0.6) is 5.75 Å². The van der Waals surface area contributed by atoms with Crippen molar-refractivity contribution in [2.75, 3.05) is 5.75 Å². The minimum absolute atomic E-state index is 0.0489. The van der Waals surface area contributed by atoms with Crippen molar-refractivity contribution in [3.63, 3.8) is 0 Å². The van der Waals surface area contributed by atoms with Crippen LogP contribution in [0.2, 0.25) is 0 Å². The molecule has 0 amide bonds. The molecule has 76 valence electrons. The zero-order valence-electron chi connectivity index (χ0n) is 7.86. The van der Waals surface area contributed by atoms with Gasteiger partial charge >= 0.3 is 5.97 Å². The van der Waals surface area contributed by atoms with Crippen molar-refractivity contribution in [2.45, 2.75) is 18.2 Å². The van der Waals surface area contributed by atoms with E-state index in [-0.39, 0.29) is 12.2 Å². The largest absolute Gasteiger partial charge is 0.508 e. The zero-order chi connectivity index (χ0) is 10.6. The summed E-state index contributed by atoms with van der Waals surface area (Å²) in [6.07, 6.45) is -0.135. The van der Waals surface area contributed by atoms with Crippen LogP contribution < -0.4 is 0 Å². The molecule has 0 fully saturated rings. The third-order valence-electron chi connectivity index (χ3n) is 1.70. The number of carboxylic acid groups (broad SMARTS) is 1. The number of hydrogen-bond acceptors (Lipinski definition) is 3. The predicted molar refractivity (Wildman–Crippen MR) is 55.8 cm³/mol. The fourth-order valence-electron chi connectivity index (χ4n) is 1.12. The summed E-state index contributed by atoms with van der Waals surface area (Å²) in [6, 6.07) is 5.04. The van der Waals surface area contributed by atoms with Crippen LogP contribution in [0.4, 0.5) is 0 Å². The number of aromatic hydroxyl groups is 1. The minimum Gasteiger partial charge on any atom is -0.508 e. The molecule has 0 heterocycles. The summed E-state index contributed by atoms with van der Waals surface area (Å²) in [5, 5.41) is 18.0. The van der Waals surface area contributed by atoms with Gasteiger partial charge in [-0.15, -0.1) is 11.8 Å². The molecule has 3 nitrogen and oxygen atoms in total. The molecular weight excluding hydrogens is 200 g/mol. The Kier molecular flexibility index (Phi) is 3.83. The van der Waals surface area contributed by atoms with Crippen LogP contribution in [0, 0.1) is 0 Å². The molecule has 1 aromatic carbocycles. The van der Waals surface area contributed by atoms with Gasteiger partial charge in [0.15, 0.2) is 0 Å². The second kappa shape index (κ2) is 4.91. The first kappa shape index (κ1) is 10.9. The lowest BCUT2D eigenvalue weighted by molar-refractivity contribution is -0.136. The number of thioether (sulfide) groups is 1. The molecule has 0 aliphatic heterocycles. The van der Waals surface area contributed by atoms with Crippen molar-refractivity contribution < 1.29 is 15.0 Å². The first-order valence-corrected chi connectivity index (χ1v) is 5.28. The second-order valence-corrected chi connectivity index (χ2v) is 4.13. The van der Waals surface area contributed by atoms with E-state index in [1.165, 1.54) is 6.07 Å². The van der Waals surface area contributed by atoms with Gasteiger partial charge in [-0.2, -0.15) is 0 Å². The summed E-state index contributed by atoms with van der Waals surface area (Å²) < 4.78 is 0. The highest BCUT2D eigenvalue weighted by Crippen LogP contribution is 2.25. The Labute approximate surface area is 86.8 Å². The average molecular weight is 212 g/mol. The molecule has 0 spiro atoms. The number of carbonyl (C=O) groups is 1. The molecule has 0 radical (unpaired) electrons. The lowest BCUT2D eigenvalue weighted by Crippen LogP contribution is -2.00. The molecule has 0 aliphatic carbocycles. The zero-order valence-corrected chi connectivity index (χ0v) is 8.67. The molecular formula is C10H12O3S. The van der Waals surface area contributed by atoms with E-state index >= 15 is 0 Å². The number of hydrogen-bond donors (Lipinski definition) is 2. The van der Waals surface area contributed by atoms with Gasteiger partial charge in [0, 0.05) is 10.5 Å². The van der Waals surface area contributed by atoms with Gasteiger partial charge in [0.05, 0.1) is 6.42 Å². The van der Waals surface area contributed by atoms with Gasteiger partial charge in [-0.05, 0) is 24.0 Å². The van der Waals surface area contributed by atoms with Crippen LogP contribution >= 0.6 is 11.8 Å². The third kappa shape index (κ3) is 2.96. The summed E-state index contributed by atoms with van der Waals surface area (Å²) in [5.74, 6) is 0.0453. The van der Waals surface area contributed by atoms with E-state index in [0.717, 1.165) is 10.6 Å². The van der Waals surface area contributed by atoms with Crippen LogP contribution in [0.15, 0.2) is 23.1 Å². The van der Waals surface area contributed by atoms with E-state index in [0.29, 0.717) is 5.56 Å². The van der Waals surface area contributed by atoms with Crippen molar-refractivity contribution in [1.82, 2.24) is 0 Å². The Balaban J connectivity index is 2.90. The van der Waals surface area contributed by atoms with Crippen LogP contribution in [0.1, 0.15) is 12.5 Å². The Morgan fingerprint density at radius 2 is 2.21 bits per heavy atom. The maximum atomic E-state index is 10.5. The lowest BCUT2D eigenvalue weighted by atomic mass is 10.1. The van der Waals surface area contributed by atoms with Gasteiger partial charge < -0.3 is 10.2 Å². The third-order valence-corrected chi connectivity index (χ3v) is 2.58. The highest BCUT2D eigenvalue weighted by Gasteiger charge is 2.06. The molecule has 0 saturated heterocycles. The normalized spacial score (nSPS) is 10.1.